The maximum atomic E-state index is 12.2. The first kappa shape index (κ1) is 12.6. The van der Waals surface area contributed by atoms with Crippen LogP contribution in [-0.4, -0.2) is 20.2 Å². The third-order valence-corrected chi connectivity index (χ3v) is 5.62. The van der Waals surface area contributed by atoms with E-state index in [1.165, 1.54) is 0 Å². The first-order valence-electron chi connectivity index (χ1n) is 6.06. The van der Waals surface area contributed by atoms with Crippen molar-refractivity contribution >= 4 is 9.84 Å². The van der Waals surface area contributed by atoms with Crippen LogP contribution in [0.5, 0.6) is 0 Å². The van der Waals surface area contributed by atoms with Crippen LogP contribution in [0.4, 0.5) is 0 Å². The van der Waals surface area contributed by atoms with Crippen LogP contribution in [0.1, 0.15) is 37.4 Å². The third-order valence-electron chi connectivity index (χ3n) is 3.38. The topological polar surface area (TPSA) is 46.2 Å². The number of aryl methyl sites for hydroxylation is 1. The molecule has 1 N–H and O–H groups in total. The minimum absolute atomic E-state index is 0.0603. The second kappa shape index (κ2) is 4.42. The van der Waals surface area contributed by atoms with Crippen LogP contribution in [-0.2, 0) is 9.84 Å². The van der Waals surface area contributed by atoms with Gasteiger partial charge in [-0.2, -0.15) is 0 Å². The van der Waals surface area contributed by atoms with Crippen molar-refractivity contribution in [2.45, 2.75) is 43.4 Å². The molecular weight excluding hydrogens is 234 g/mol. The van der Waals surface area contributed by atoms with E-state index in [2.05, 4.69) is 12.2 Å². The van der Waals surface area contributed by atoms with Gasteiger partial charge in [0.05, 0.1) is 16.2 Å². The molecule has 0 bridgehead atoms. The number of sulfone groups is 1. The zero-order valence-corrected chi connectivity index (χ0v) is 11.3. The zero-order chi connectivity index (χ0) is 12.6. The summed E-state index contributed by atoms with van der Waals surface area (Å²) in [6, 6.07) is 5.54. The highest BCUT2D eigenvalue weighted by Gasteiger charge is 2.41. The molecule has 0 aliphatic carbocycles. The summed E-state index contributed by atoms with van der Waals surface area (Å²) in [7, 11) is -3.14. The molecule has 2 atom stereocenters. The summed E-state index contributed by atoms with van der Waals surface area (Å²) in [6.45, 7) is 6.71. The molecule has 0 fully saturated rings. The van der Waals surface area contributed by atoms with E-state index in [1.807, 2.05) is 19.1 Å². The average Bonchev–Trinajstić information content (AvgIpc) is 2.45. The van der Waals surface area contributed by atoms with E-state index in [-0.39, 0.29) is 11.3 Å². The monoisotopic (exact) mass is 253 g/mol. The Morgan fingerprint density at radius 3 is 2.71 bits per heavy atom. The Balaban J connectivity index is 2.48. The largest absolute Gasteiger partial charge is 0.309 e. The van der Waals surface area contributed by atoms with Crippen molar-refractivity contribution in [1.82, 2.24) is 5.32 Å². The summed E-state index contributed by atoms with van der Waals surface area (Å²) in [5.41, 5.74) is 2.04. The predicted molar refractivity (Wildman–Crippen MR) is 68.9 cm³/mol. The van der Waals surface area contributed by atoms with Gasteiger partial charge in [0.2, 0.25) is 0 Å². The smallest absolute Gasteiger partial charge is 0.183 e. The summed E-state index contributed by atoms with van der Waals surface area (Å²) in [6.07, 6.45) is 1.00. The molecule has 3 nitrogen and oxygen atoms in total. The molecule has 0 saturated heterocycles. The Morgan fingerprint density at radius 1 is 1.35 bits per heavy atom. The van der Waals surface area contributed by atoms with Crippen LogP contribution in [0.15, 0.2) is 23.1 Å². The highest BCUT2D eigenvalue weighted by atomic mass is 32.2. The Bertz CT molecular complexity index is 522. The molecule has 1 aromatic rings. The summed E-state index contributed by atoms with van der Waals surface area (Å²) < 4.78 is 24.5. The molecule has 1 aromatic carbocycles. The predicted octanol–water partition coefficient (Wildman–Crippen LogP) is 2.21. The highest BCUT2D eigenvalue weighted by Crippen LogP contribution is 2.39. The second-order valence-electron chi connectivity index (χ2n) is 4.72. The molecule has 0 radical (unpaired) electrons. The van der Waals surface area contributed by atoms with Crippen molar-refractivity contribution in [2.24, 2.45) is 0 Å². The van der Waals surface area contributed by atoms with E-state index in [1.54, 1.807) is 13.0 Å². The van der Waals surface area contributed by atoms with E-state index in [4.69, 9.17) is 0 Å². The number of fused-ring (bicyclic) bond motifs is 1. The van der Waals surface area contributed by atoms with Crippen LogP contribution < -0.4 is 5.32 Å². The molecule has 2 unspecified atom stereocenters. The molecule has 4 heteroatoms. The lowest BCUT2D eigenvalue weighted by molar-refractivity contribution is 0.515. The van der Waals surface area contributed by atoms with Gasteiger partial charge in [-0.15, -0.1) is 0 Å². The normalized spacial score (nSPS) is 25.8. The fourth-order valence-corrected chi connectivity index (χ4v) is 4.15. The van der Waals surface area contributed by atoms with E-state index in [0.29, 0.717) is 4.90 Å². The molecule has 0 aromatic heterocycles. The second-order valence-corrected chi connectivity index (χ2v) is 7.00. The zero-order valence-electron chi connectivity index (χ0n) is 10.5. The molecule has 0 saturated carbocycles. The molecular formula is C13H19NO2S. The number of nitrogens with one attached hydrogen (secondary N) is 1. The SMILES string of the molecule is CCCNC1c2cc(C)ccc2S(=O)(=O)C1C. The van der Waals surface area contributed by atoms with Gasteiger partial charge >= 0.3 is 0 Å². The highest BCUT2D eigenvalue weighted by molar-refractivity contribution is 7.92. The maximum absolute atomic E-state index is 12.2. The van der Waals surface area contributed by atoms with Crippen LogP contribution >= 0.6 is 0 Å². The minimum Gasteiger partial charge on any atom is -0.309 e. The lowest BCUT2D eigenvalue weighted by atomic mass is 10.0. The lowest BCUT2D eigenvalue weighted by Crippen LogP contribution is -2.30. The summed E-state index contributed by atoms with van der Waals surface area (Å²) in [4.78, 5) is 0.504. The van der Waals surface area contributed by atoms with Gasteiger partial charge in [0, 0.05) is 0 Å². The van der Waals surface area contributed by atoms with Gasteiger partial charge in [-0.3, -0.25) is 0 Å². The number of hydrogen-bond donors (Lipinski definition) is 1. The Kier molecular flexibility index (Phi) is 3.27. The third kappa shape index (κ3) is 2.00. The molecule has 94 valence electrons. The molecule has 1 aliphatic heterocycles. The van der Waals surface area contributed by atoms with Crippen molar-refractivity contribution in [3.63, 3.8) is 0 Å². The van der Waals surface area contributed by atoms with Gasteiger partial charge in [0.15, 0.2) is 9.84 Å². The Labute approximate surface area is 103 Å². The number of hydrogen-bond acceptors (Lipinski definition) is 3. The molecule has 0 amide bonds. The van der Waals surface area contributed by atoms with Crippen molar-refractivity contribution in [3.05, 3.63) is 29.3 Å². The molecule has 0 spiro atoms. The van der Waals surface area contributed by atoms with E-state index in [0.717, 1.165) is 24.1 Å². The summed E-state index contributed by atoms with van der Waals surface area (Å²) >= 11 is 0. The maximum Gasteiger partial charge on any atom is 0.183 e. The fraction of sp³-hybridized carbons (Fsp3) is 0.538. The summed E-state index contributed by atoms with van der Waals surface area (Å²) in [5, 5.41) is 2.97. The average molecular weight is 253 g/mol. The van der Waals surface area contributed by atoms with Gasteiger partial charge in [-0.05, 0) is 38.4 Å². The lowest BCUT2D eigenvalue weighted by Gasteiger charge is -2.16. The quantitative estimate of drug-likeness (QED) is 0.898. The van der Waals surface area contributed by atoms with Gasteiger partial charge in [-0.25, -0.2) is 8.42 Å². The van der Waals surface area contributed by atoms with Crippen molar-refractivity contribution < 1.29 is 8.42 Å². The standard InChI is InChI=1S/C13H19NO2S/c1-4-7-14-13-10(3)17(15,16)12-6-5-9(2)8-11(12)13/h5-6,8,10,13-14H,4,7H2,1-3H3. The molecule has 1 heterocycles. The van der Waals surface area contributed by atoms with Crippen LogP contribution in [0.25, 0.3) is 0 Å². The fourth-order valence-electron chi connectivity index (χ4n) is 2.38. The van der Waals surface area contributed by atoms with Crippen molar-refractivity contribution in [3.8, 4) is 0 Å². The summed E-state index contributed by atoms with van der Waals surface area (Å²) in [5.74, 6) is 0. The van der Waals surface area contributed by atoms with Gasteiger partial charge in [-0.1, -0.05) is 24.6 Å². The van der Waals surface area contributed by atoms with Crippen LogP contribution in [0.2, 0.25) is 0 Å². The van der Waals surface area contributed by atoms with Crippen LogP contribution in [0.3, 0.4) is 0 Å². The van der Waals surface area contributed by atoms with E-state index in [9.17, 15) is 8.42 Å². The molecule has 17 heavy (non-hydrogen) atoms. The van der Waals surface area contributed by atoms with Gasteiger partial charge in [0.25, 0.3) is 0 Å². The Hall–Kier alpha value is -0.870. The van der Waals surface area contributed by atoms with Crippen LogP contribution in [0, 0.1) is 6.92 Å². The van der Waals surface area contributed by atoms with E-state index >= 15 is 0 Å². The van der Waals surface area contributed by atoms with Crippen molar-refractivity contribution in [2.75, 3.05) is 6.54 Å². The number of benzene rings is 1. The first-order chi connectivity index (χ1) is 7.98. The van der Waals surface area contributed by atoms with Gasteiger partial charge in [0.1, 0.15) is 0 Å². The minimum atomic E-state index is -3.14. The number of rotatable bonds is 3. The first-order valence-corrected chi connectivity index (χ1v) is 7.61. The molecule has 1 aliphatic rings. The Morgan fingerprint density at radius 2 is 2.06 bits per heavy atom. The van der Waals surface area contributed by atoms with E-state index < -0.39 is 9.84 Å². The molecule has 2 rings (SSSR count). The van der Waals surface area contributed by atoms with Gasteiger partial charge < -0.3 is 5.32 Å². The van der Waals surface area contributed by atoms with Crippen molar-refractivity contribution in [1.29, 1.82) is 0 Å².